The predicted molar refractivity (Wildman–Crippen MR) is 123 cm³/mol. The number of pyridine rings is 1. The third kappa shape index (κ3) is 5.26. The van der Waals surface area contributed by atoms with Gasteiger partial charge >= 0.3 is 6.03 Å². The monoisotopic (exact) mass is 437 g/mol. The zero-order chi connectivity index (χ0) is 22.3. The van der Waals surface area contributed by atoms with E-state index in [1.807, 2.05) is 42.5 Å². The normalized spacial score (nSPS) is 18.5. The molecule has 0 spiro atoms. The molecule has 1 unspecified atom stereocenters. The number of carbonyl (C=O) groups excluding carboxylic acids is 2. The summed E-state index contributed by atoms with van der Waals surface area (Å²) in [6.07, 6.45) is 7.59. The lowest BCUT2D eigenvalue weighted by molar-refractivity contribution is -0.117. The van der Waals surface area contributed by atoms with Gasteiger partial charge in [0.1, 0.15) is 5.82 Å². The Balaban J connectivity index is 1.53. The number of nitrogens with zero attached hydrogens (tertiary/aromatic N) is 3. The van der Waals surface area contributed by atoms with Crippen LogP contribution in [0.1, 0.15) is 44.1 Å². The Bertz CT molecular complexity index is 911. The molecule has 2 N–H and O–H groups in total. The molecule has 1 aliphatic heterocycles. The van der Waals surface area contributed by atoms with E-state index in [-0.39, 0.29) is 24.0 Å². The minimum Gasteiger partial charge on any atom is -0.309 e. The van der Waals surface area contributed by atoms with Gasteiger partial charge in [0.2, 0.25) is 5.91 Å². The highest BCUT2D eigenvalue weighted by Gasteiger charge is 2.31. The number of amides is 3. The van der Waals surface area contributed by atoms with Crippen molar-refractivity contribution in [1.29, 1.82) is 0 Å². The Morgan fingerprint density at radius 2 is 1.91 bits per heavy atom. The van der Waals surface area contributed by atoms with Gasteiger partial charge in [-0.2, -0.15) is 0 Å². The molecule has 1 saturated heterocycles. The molecule has 3 amide bonds. The number of para-hydroxylation sites is 1. The van der Waals surface area contributed by atoms with E-state index in [4.69, 9.17) is 4.84 Å². The fourth-order valence-electron chi connectivity index (χ4n) is 4.46. The van der Waals surface area contributed by atoms with E-state index >= 15 is 0 Å². The second-order valence-electron chi connectivity index (χ2n) is 8.34. The molecule has 170 valence electrons. The number of aromatic nitrogens is 1. The van der Waals surface area contributed by atoms with Crippen LogP contribution in [-0.2, 0) is 16.2 Å². The molecule has 1 aromatic heterocycles. The lowest BCUT2D eigenvalue weighted by Gasteiger charge is -2.32. The first-order valence-electron chi connectivity index (χ1n) is 11.3. The van der Waals surface area contributed by atoms with Gasteiger partial charge in [-0.25, -0.2) is 14.8 Å². The highest BCUT2D eigenvalue weighted by atomic mass is 16.7. The summed E-state index contributed by atoms with van der Waals surface area (Å²) in [4.78, 5) is 37.5. The summed E-state index contributed by atoms with van der Waals surface area (Å²) in [5.74, 6) is 0.413. The summed E-state index contributed by atoms with van der Waals surface area (Å²) in [7, 11) is 1.55. The Kier molecular flexibility index (Phi) is 7.34. The summed E-state index contributed by atoms with van der Waals surface area (Å²) < 4.78 is 0. The maximum Gasteiger partial charge on any atom is 0.348 e. The molecule has 2 heterocycles. The van der Waals surface area contributed by atoms with Gasteiger partial charge in [0.15, 0.2) is 0 Å². The Labute approximate surface area is 188 Å². The Morgan fingerprint density at radius 1 is 1.12 bits per heavy atom. The van der Waals surface area contributed by atoms with Crippen molar-refractivity contribution in [3.8, 4) is 0 Å². The second-order valence-corrected chi connectivity index (χ2v) is 8.34. The van der Waals surface area contributed by atoms with Crippen LogP contribution < -0.4 is 15.5 Å². The number of hydrogen-bond donors (Lipinski definition) is 2. The highest BCUT2D eigenvalue weighted by Crippen LogP contribution is 2.27. The van der Waals surface area contributed by atoms with Crippen LogP contribution >= 0.6 is 0 Å². The Morgan fingerprint density at radius 3 is 2.59 bits per heavy atom. The van der Waals surface area contributed by atoms with Crippen molar-refractivity contribution in [3.05, 3.63) is 54.2 Å². The average Bonchev–Trinajstić information content (AvgIpc) is 3.54. The van der Waals surface area contributed by atoms with Gasteiger partial charge in [-0.3, -0.25) is 14.5 Å². The number of hydroxylamine groups is 2. The van der Waals surface area contributed by atoms with Crippen molar-refractivity contribution >= 4 is 23.4 Å². The largest absolute Gasteiger partial charge is 0.348 e. The highest BCUT2D eigenvalue weighted by molar-refractivity contribution is 5.94. The van der Waals surface area contributed by atoms with E-state index in [2.05, 4.69) is 15.6 Å². The minimum atomic E-state index is -0.192. The number of rotatable bonds is 7. The van der Waals surface area contributed by atoms with E-state index in [0.717, 1.165) is 56.3 Å². The summed E-state index contributed by atoms with van der Waals surface area (Å²) in [6.45, 7) is 1.19. The fourth-order valence-corrected chi connectivity index (χ4v) is 4.46. The zero-order valence-electron chi connectivity index (χ0n) is 18.5. The van der Waals surface area contributed by atoms with Crippen molar-refractivity contribution in [2.75, 3.05) is 23.9 Å². The number of carbonyl (C=O) groups is 2. The summed E-state index contributed by atoms with van der Waals surface area (Å²) in [6, 6.07) is 13.0. The molecule has 8 heteroatoms. The Hall–Kier alpha value is -2.97. The van der Waals surface area contributed by atoms with Crippen LogP contribution in [0.15, 0.2) is 48.7 Å². The molecule has 0 bridgehead atoms. The molecule has 0 radical (unpaired) electrons. The van der Waals surface area contributed by atoms with Crippen LogP contribution in [0.2, 0.25) is 0 Å². The van der Waals surface area contributed by atoms with Crippen LogP contribution in [0.3, 0.4) is 0 Å². The van der Waals surface area contributed by atoms with Crippen molar-refractivity contribution < 1.29 is 14.4 Å². The van der Waals surface area contributed by atoms with Gasteiger partial charge in [0.05, 0.1) is 25.7 Å². The molecule has 32 heavy (non-hydrogen) atoms. The van der Waals surface area contributed by atoms with Gasteiger partial charge in [-0.15, -0.1) is 0 Å². The maximum atomic E-state index is 13.5. The SMILES string of the molecule is CON(C(=O)N(Cc1ccnc(NC(=O)C2CCCN2)c1)c1ccccc1)C1CCCC1. The van der Waals surface area contributed by atoms with Crippen LogP contribution in [0.4, 0.5) is 16.3 Å². The summed E-state index contributed by atoms with van der Waals surface area (Å²) >= 11 is 0. The van der Waals surface area contributed by atoms with E-state index in [0.29, 0.717) is 12.4 Å². The summed E-state index contributed by atoms with van der Waals surface area (Å²) in [5, 5.41) is 7.60. The van der Waals surface area contributed by atoms with Crippen molar-refractivity contribution in [2.24, 2.45) is 0 Å². The lowest BCUT2D eigenvalue weighted by Crippen LogP contribution is -2.46. The third-order valence-electron chi connectivity index (χ3n) is 6.13. The number of anilines is 2. The minimum absolute atomic E-state index is 0.0741. The molecule has 4 rings (SSSR count). The van der Waals surface area contributed by atoms with Crippen molar-refractivity contribution in [1.82, 2.24) is 15.4 Å². The topological polar surface area (TPSA) is 86.8 Å². The van der Waals surface area contributed by atoms with E-state index in [1.165, 1.54) is 5.06 Å². The second kappa shape index (κ2) is 10.6. The first-order valence-corrected chi connectivity index (χ1v) is 11.3. The average molecular weight is 438 g/mol. The molecular weight excluding hydrogens is 406 g/mol. The van der Waals surface area contributed by atoms with E-state index in [9.17, 15) is 9.59 Å². The maximum absolute atomic E-state index is 13.5. The number of urea groups is 1. The van der Waals surface area contributed by atoms with Crippen molar-refractivity contribution in [3.63, 3.8) is 0 Å². The number of benzene rings is 1. The quantitative estimate of drug-likeness (QED) is 0.645. The zero-order valence-corrected chi connectivity index (χ0v) is 18.5. The van der Waals surface area contributed by atoms with Gasteiger partial charge in [0.25, 0.3) is 0 Å². The molecule has 2 aromatic rings. The van der Waals surface area contributed by atoms with Gasteiger partial charge in [0, 0.05) is 11.9 Å². The standard InChI is InChI=1S/C24H31N5O3/c1-32-29(20-10-5-6-11-20)24(31)28(19-8-3-2-4-9-19)17-18-13-15-26-22(16-18)27-23(30)21-12-7-14-25-21/h2-4,8-9,13,15-16,20-21,25H,5-7,10-12,14,17H2,1H3,(H,26,27,30). The molecule has 1 atom stereocenters. The fraction of sp³-hybridized carbons (Fsp3) is 0.458. The van der Waals surface area contributed by atoms with Crippen LogP contribution in [0, 0.1) is 0 Å². The van der Waals surface area contributed by atoms with Crippen LogP contribution in [0.25, 0.3) is 0 Å². The molecule has 2 fully saturated rings. The molecule has 1 aliphatic carbocycles. The molecule has 1 aromatic carbocycles. The van der Waals surface area contributed by atoms with Crippen molar-refractivity contribution in [2.45, 2.75) is 57.2 Å². The lowest BCUT2D eigenvalue weighted by atomic mass is 10.2. The third-order valence-corrected chi connectivity index (χ3v) is 6.13. The molecular formula is C24H31N5O3. The van der Waals surface area contributed by atoms with Gasteiger partial charge in [-0.1, -0.05) is 31.0 Å². The first-order chi connectivity index (χ1) is 15.7. The van der Waals surface area contributed by atoms with Crippen LogP contribution in [-0.4, -0.2) is 47.7 Å². The van der Waals surface area contributed by atoms with Gasteiger partial charge in [-0.05, 0) is 62.1 Å². The van der Waals surface area contributed by atoms with Crippen LogP contribution in [0.5, 0.6) is 0 Å². The van der Waals surface area contributed by atoms with Gasteiger partial charge < -0.3 is 10.6 Å². The number of hydrogen-bond acceptors (Lipinski definition) is 5. The first kappa shape index (κ1) is 22.2. The molecule has 1 saturated carbocycles. The van der Waals surface area contributed by atoms with E-state index < -0.39 is 0 Å². The summed E-state index contributed by atoms with van der Waals surface area (Å²) in [5.41, 5.74) is 1.66. The number of nitrogens with one attached hydrogen (secondary N) is 2. The molecule has 8 nitrogen and oxygen atoms in total. The predicted octanol–water partition coefficient (Wildman–Crippen LogP) is 3.70. The van der Waals surface area contributed by atoms with E-state index in [1.54, 1.807) is 18.2 Å². The molecule has 2 aliphatic rings. The smallest absolute Gasteiger partial charge is 0.309 e.